The number of hydrogen-bond acceptors (Lipinski definition) is 3. The van der Waals surface area contributed by atoms with E-state index in [4.69, 9.17) is 4.74 Å². The van der Waals surface area contributed by atoms with Gasteiger partial charge in [0.2, 0.25) is 0 Å². The lowest BCUT2D eigenvalue weighted by atomic mass is 10.1. The number of pyridine rings is 1. The highest BCUT2D eigenvalue weighted by molar-refractivity contribution is 5.78. The predicted octanol–water partition coefficient (Wildman–Crippen LogP) is 2.57. The summed E-state index contributed by atoms with van der Waals surface area (Å²) in [6, 6.07) is 13.3. The minimum Gasteiger partial charge on any atom is -0.494 e. The van der Waals surface area contributed by atoms with Crippen LogP contribution in [0.25, 0.3) is 11.3 Å². The van der Waals surface area contributed by atoms with Gasteiger partial charge in [0, 0.05) is 5.56 Å². The van der Waals surface area contributed by atoms with Crippen LogP contribution in [0.15, 0.2) is 42.5 Å². The molecule has 0 N–H and O–H groups in total. The van der Waals surface area contributed by atoms with Crippen LogP contribution in [0.4, 0.5) is 0 Å². The molecule has 0 aliphatic rings. The lowest BCUT2D eigenvalue weighted by Gasteiger charge is -2.05. The van der Waals surface area contributed by atoms with E-state index in [1.165, 1.54) is 7.11 Å². The molecule has 0 saturated carbocycles. The number of carbonyl (C=O) groups is 1. The van der Waals surface area contributed by atoms with Gasteiger partial charge in [-0.05, 0) is 12.1 Å². The Bertz CT molecular complexity index is 495. The third-order valence-electron chi connectivity index (χ3n) is 2.29. The maximum absolute atomic E-state index is 10.8. The van der Waals surface area contributed by atoms with Crippen LogP contribution < -0.4 is 4.74 Å². The maximum atomic E-state index is 10.8. The average molecular weight is 213 g/mol. The predicted molar refractivity (Wildman–Crippen MR) is 61.6 cm³/mol. The summed E-state index contributed by atoms with van der Waals surface area (Å²) in [5, 5.41) is 0. The quantitative estimate of drug-likeness (QED) is 0.735. The van der Waals surface area contributed by atoms with Gasteiger partial charge in [-0.3, -0.25) is 4.79 Å². The molecule has 0 aliphatic carbocycles. The molecule has 0 atom stereocenters. The zero-order valence-corrected chi connectivity index (χ0v) is 8.88. The summed E-state index contributed by atoms with van der Waals surface area (Å²) in [6.07, 6.45) is 0.700. The molecule has 80 valence electrons. The molecule has 0 radical (unpaired) electrons. The first-order valence-electron chi connectivity index (χ1n) is 4.91. The number of benzene rings is 1. The van der Waals surface area contributed by atoms with Gasteiger partial charge in [-0.15, -0.1) is 0 Å². The van der Waals surface area contributed by atoms with E-state index in [1.54, 1.807) is 6.07 Å². The molecule has 2 rings (SSSR count). The summed E-state index contributed by atoms with van der Waals surface area (Å²) >= 11 is 0. The summed E-state index contributed by atoms with van der Waals surface area (Å²) in [5.74, 6) is 0.495. The van der Waals surface area contributed by atoms with Crippen LogP contribution in [0.3, 0.4) is 0 Å². The molecule has 0 unspecified atom stereocenters. The minimum absolute atomic E-state index is 0.323. The zero-order valence-electron chi connectivity index (χ0n) is 8.88. The normalized spacial score (nSPS) is 9.81. The number of aromatic nitrogens is 1. The van der Waals surface area contributed by atoms with Gasteiger partial charge in [-0.25, -0.2) is 4.98 Å². The molecule has 0 fully saturated rings. The molecule has 1 aromatic carbocycles. The first kappa shape index (κ1) is 10.4. The molecule has 3 nitrogen and oxygen atoms in total. The van der Waals surface area contributed by atoms with Crippen LogP contribution in [-0.2, 0) is 0 Å². The summed E-state index contributed by atoms with van der Waals surface area (Å²) in [7, 11) is 1.52. The Kier molecular flexibility index (Phi) is 2.96. The molecule has 16 heavy (non-hydrogen) atoms. The van der Waals surface area contributed by atoms with Gasteiger partial charge >= 0.3 is 0 Å². The van der Waals surface area contributed by atoms with E-state index in [1.807, 2.05) is 36.4 Å². The molecule has 3 heteroatoms. The fourth-order valence-electron chi connectivity index (χ4n) is 1.49. The number of aldehydes is 1. The number of carbonyl (C=O) groups excluding carboxylic acids is 1. The molecular weight excluding hydrogens is 202 g/mol. The zero-order chi connectivity index (χ0) is 11.4. The molecule has 2 aromatic rings. The van der Waals surface area contributed by atoms with E-state index >= 15 is 0 Å². The first-order valence-corrected chi connectivity index (χ1v) is 4.91. The lowest BCUT2D eigenvalue weighted by molar-refractivity contribution is 0.111. The van der Waals surface area contributed by atoms with Crippen molar-refractivity contribution in [2.75, 3.05) is 7.11 Å². The molecular formula is C13H11NO2. The molecule has 0 spiro atoms. The lowest BCUT2D eigenvalue weighted by Crippen LogP contribution is -1.95. The fraction of sp³-hybridized carbons (Fsp3) is 0.0769. The Balaban J connectivity index is 2.48. The van der Waals surface area contributed by atoms with Crippen molar-refractivity contribution in [3.05, 3.63) is 48.2 Å². The fourth-order valence-corrected chi connectivity index (χ4v) is 1.49. The third kappa shape index (κ3) is 1.93. The van der Waals surface area contributed by atoms with Crippen LogP contribution >= 0.6 is 0 Å². The van der Waals surface area contributed by atoms with Crippen molar-refractivity contribution in [3.63, 3.8) is 0 Å². The van der Waals surface area contributed by atoms with E-state index in [2.05, 4.69) is 4.98 Å². The van der Waals surface area contributed by atoms with Gasteiger partial charge in [0.15, 0.2) is 6.29 Å². The van der Waals surface area contributed by atoms with E-state index in [0.717, 1.165) is 11.3 Å². The molecule has 0 amide bonds. The number of hydrogen-bond donors (Lipinski definition) is 0. The van der Waals surface area contributed by atoms with Gasteiger partial charge < -0.3 is 4.74 Å². The standard InChI is InChI=1S/C13H11NO2/c1-16-13-8-7-11(14-12(13)9-15)10-5-3-2-4-6-10/h2-9H,1H3. The van der Waals surface area contributed by atoms with Gasteiger partial charge in [-0.1, -0.05) is 30.3 Å². The average Bonchev–Trinajstić information content (AvgIpc) is 2.39. The van der Waals surface area contributed by atoms with Crippen LogP contribution in [0.5, 0.6) is 5.75 Å². The topological polar surface area (TPSA) is 39.2 Å². The highest BCUT2D eigenvalue weighted by Gasteiger charge is 2.06. The Hall–Kier alpha value is -2.16. The van der Waals surface area contributed by atoms with Crippen LogP contribution in [0.2, 0.25) is 0 Å². The van der Waals surface area contributed by atoms with E-state index < -0.39 is 0 Å². The van der Waals surface area contributed by atoms with E-state index in [9.17, 15) is 4.79 Å². The summed E-state index contributed by atoms with van der Waals surface area (Å²) in [6.45, 7) is 0. The molecule has 1 heterocycles. The van der Waals surface area contributed by atoms with Crippen molar-refractivity contribution in [3.8, 4) is 17.0 Å². The largest absolute Gasteiger partial charge is 0.494 e. The SMILES string of the molecule is COc1ccc(-c2ccccc2)nc1C=O. The maximum Gasteiger partial charge on any atom is 0.172 e. The van der Waals surface area contributed by atoms with Crippen molar-refractivity contribution >= 4 is 6.29 Å². The Morgan fingerprint density at radius 3 is 2.50 bits per heavy atom. The number of rotatable bonds is 3. The van der Waals surface area contributed by atoms with Gasteiger partial charge in [-0.2, -0.15) is 0 Å². The Morgan fingerprint density at radius 2 is 1.88 bits per heavy atom. The summed E-state index contributed by atoms with van der Waals surface area (Å²) in [4.78, 5) is 15.1. The smallest absolute Gasteiger partial charge is 0.172 e. The van der Waals surface area contributed by atoms with Crippen molar-refractivity contribution in [1.29, 1.82) is 0 Å². The minimum atomic E-state index is 0.323. The second-order valence-electron chi connectivity index (χ2n) is 3.27. The molecule has 1 aromatic heterocycles. The summed E-state index contributed by atoms with van der Waals surface area (Å²) in [5.41, 5.74) is 2.07. The van der Waals surface area contributed by atoms with Crippen LogP contribution in [0.1, 0.15) is 10.5 Å². The van der Waals surface area contributed by atoms with Crippen LogP contribution in [0, 0.1) is 0 Å². The Morgan fingerprint density at radius 1 is 1.12 bits per heavy atom. The number of ether oxygens (including phenoxy) is 1. The number of nitrogens with zero attached hydrogens (tertiary/aromatic N) is 1. The number of methoxy groups -OCH3 is 1. The van der Waals surface area contributed by atoms with Crippen molar-refractivity contribution < 1.29 is 9.53 Å². The van der Waals surface area contributed by atoms with E-state index in [-0.39, 0.29) is 0 Å². The summed E-state index contributed by atoms with van der Waals surface area (Å²) < 4.78 is 5.03. The second kappa shape index (κ2) is 4.57. The first-order chi connectivity index (χ1) is 7.85. The van der Waals surface area contributed by atoms with E-state index in [0.29, 0.717) is 17.7 Å². The molecule has 0 bridgehead atoms. The molecule has 0 saturated heterocycles. The van der Waals surface area contributed by atoms with Gasteiger partial charge in [0.25, 0.3) is 0 Å². The monoisotopic (exact) mass is 213 g/mol. The van der Waals surface area contributed by atoms with Crippen molar-refractivity contribution in [2.24, 2.45) is 0 Å². The highest BCUT2D eigenvalue weighted by Crippen LogP contribution is 2.21. The van der Waals surface area contributed by atoms with Gasteiger partial charge in [0.1, 0.15) is 11.4 Å². The molecule has 0 aliphatic heterocycles. The third-order valence-corrected chi connectivity index (χ3v) is 2.29. The van der Waals surface area contributed by atoms with Gasteiger partial charge in [0.05, 0.1) is 12.8 Å². The van der Waals surface area contributed by atoms with Crippen LogP contribution in [-0.4, -0.2) is 18.4 Å². The van der Waals surface area contributed by atoms with Crippen molar-refractivity contribution in [1.82, 2.24) is 4.98 Å². The van der Waals surface area contributed by atoms with Crippen molar-refractivity contribution in [2.45, 2.75) is 0 Å². The second-order valence-corrected chi connectivity index (χ2v) is 3.27. The highest BCUT2D eigenvalue weighted by atomic mass is 16.5. The Labute approximate surface area is 93.7 Å².